The summed E-state index contributed by atoms with van der Waals surface area (Å²) in [4.78, 5) is 25.8. The number of carboxylic acids is 1. The Morgan fingerprint density at radius 3 is 2.62 bits per heavy atom. The molecular formula is C26H34FNO4. The van der Waals surface area contributed by atoms with Crippen LogP contribution in [0.1, 0.15) is 87.1 Å². The second-order valence-corrected chi connectivity index (χ2v) is 11.0. The lowest BCUT2D eigenvalue weighted by Crippen LogP contribution is -2.53. The molecule has 1 aliphatic heterocycles. The van der Waals surface area contributed by atoms with Gasteiger partial charge in [0.15, 0.2) is 0 Å². The molecular weight excluding hydrogens is 409 g/mol. The van der Waals surface area contributed by atoms with Gasteiger partial charge >= 0.3 is 5.97 Å². The first-order valence-corrected chi connectivity index (χ1v) is 12.2. The fourth-order valence-corrected chi connectivity index (χ4v) is 6.60. The van der Waals surface area contributed by atoms with E-state index < -0.39 is 17.7 Å². The van der Waals surface area contributed by atoms with Crippen LogP contribution >= 0.6 is 0 Å². The third-order valence-corrected chi connectivity index (χ3v) is 8.85. The van der Waals surface area contributed by atoms with Gasteiger partial charge in [0.2, 0.25) is 0 Å². The number of carbonyl (C=O) groups excluding carboxylic acids is 1. The van der Waals surface area contributed by atoms with Crippen LogP contribution in [0.5, 0.6) is 5.75 Å². The van der Waals surface area contributed by atoms with Gasteiger partial charge < -0.3 is 14.7 Å². The van der Waals surface area contributed by atoms with Crippen molar-refractivity contribution in [1.29, 1.82) is 0 Å². The normalized spacial score (nSPS) is 30.7. The van der Waals surface area contributed by atoms with Crippen molar-refractivity contribution >= 4 is 11.9 Å². The molecule has 1 aromatic rings. The number of fused-ring (bicyclic) bond motifs is 2. The third kappa shape index (κ3) is 3.80. The first-order valence-electron chi connectivity index (χ1n) is 12.2. The predicted molar refractivity (Wildman–Crippen MR) is 118 cm³/mol. The summed E-state index contributed by atoms with van der Waals surface area (Å²) in [6.45, 7) is 5.82. The molecule has 4 saturated carbocycles. The number of benzene rings is 1. The lowest BCUT2D eigenvalue weighted by molar-refractivity contribution is -0.137. The van der Waals surface area contributed by atoms with Crippen molar-refractivity contribution in [3.8, 4) is 5.75 Å². The van der Waals surface area contributed by atoms with Crippen LogP contribution in [0.4, 0.5) is 4.39 Å². The maximum absolute atomic E-state index is 15.1. The molecule has 4 atom stereocenters. The van der Waals surface area contributed by atoms with Crippen LogP contribution in [0.15, 0.2) is 12.1 Å². The number of amides is 1. The van der Waals surface area contributed by atoms with Crippen LogP contribution in [0.3, 0.4) is 0 Å². The largest absolute Gasteiger partial charge is 0.493 e. The molecule has 5 fully saturated rings. The number of hydrogen-bond donors (Lipinski definition) is 1. The second kappa shape index (κ2) is 8.03. The summed E-state index contributed by atoms with van der Waals surface area (Å²) < 4.78 is 21.4. The number of likely N-dealkylation sites (tertiary alicyclic amines) is 1. The molecule has 6 rings (SSSR count). The third-order valence-electron chi connectivity index (χ3n) is 8.85. The van der Waals surface area contributed by atoms with Crippen molar-refractivity contribution in [2.45, 2.75) is 77.2 Å². The quantitative estimate of drug-likeness (QED) is 0.626. The highest BCUT2D eigenvalue weighted by atomic mass is 19.1. The van der Waals surface area contributed by atoms with Gasteiger partial charge in [-0.2, -0.15) is 0 Å². The molecule has 4 aliphatic carbocycles. The smallest absolute Gasteiger partial charge is 0.305 e. The maximum atomic E-state index is 15.1. The Hall–Kier alpha value is -2.11. The van der Waals surface area contributed by atoms with Gasteiger partial charge in [0.1, 0.15) is 11.6 Å². The lowest BCUT2D eigenvalue weighted by Gasteiger charge is -2.60. The van der Waals surface area contributed by atoms with Crippen LogP contribution in [-0.4, -0.2) is 41.1 Å². The fraction of sp³-hybridized carbons (Fsp3) is 0.692. The first-order chi connectivity index (χ1) is 15.3. The van der Waals surface area contributed by atoms with E-state index in [1.54, 1.807) is 11.0 Å². The number of nitrogens with zero attached hydrogens (tertiary/aromatic N) is 1. The Morgan fingerprint density at radius 1 is 1.19 bits per heavy atom. The summed E-state index contributed by atoms with van der Waals surface area (Å²) in [5, 5.41) is 9.15. The Balaban J connectivity index is 1.34. The summed E-state index contributed by atoms with van der Waals surface area (Å²) in [6, 6.07) is 2.73. The van der Waals surface area contributed by atoms with Crippen LogP contribution in [0.25, 0.3) is 0 Å². The molecule has 1 N–H and O–H groups in total. The molecule has 174 valence electrons. The number of halogens is 1. The van der Waals surface area contributed by atoms with E-state index in [2.05, 4.69) is 13.8 Å². The average Bonchev–Trinajstić information content (AvgIpc) is 3.50. The molecule has 0 radical (unpaired) electrons. The van der Waals surface area contributed by atoms with Crippen molar-refractivity contribution in [3.63, 3.8) is 0 Å². The lowest BCUT2D eigenvalue weighted by atomic mass is 9.46. The van der Waals surface area contributed by atoms with Crippen molar-refractivity contribution in [3.05, 3.63) is 29.1 Å². The minimum absolute atomic E-state index is 0.0529. The summed E-state index contributed by atoms with van der Waals surface area (Å²) >= 11 is 0. The monoisotopic (exact) mass is 443 g/mol. The molecule has 0 spiro atoms. The number of carboxylic acid groups (broad SMARTS) is 1. The fourth-order valence-electron chi connectivity index (χ4n) is 6.60. The highest BCUT2D eigenvalue weighted by Gasteiger charge is 2.54. The van der Waals surface area contributed by atoms with E-state index in [9.17, 15) is 9.59 Å². The van der Waals surface area contributed by atoms with Gasteiger partial charge in [-0.25, -0.2) is 4.39 Å². The molecule has 0 unspecified atom stereocenters. The molecule has 1 aromatic carbocycles. The molecule has 2 bridgehead atoms. The highest BCUT2D eigenvalue weighted by molar-refractivity contribution is 5.95. The number of ether oxygens (including phenoxy) is 1. The maximum Gasteiger partial charge on any atom is 0.305 e. The van der Waals surface area contributed by atoms with Crippen LogP contribution in [0.2, 0.25) is 0 Å². The van der Waals surface area contributed by atoms with Gasteiger partial charge in [-0.05, 0) is 85.7 Å². The van der Waals surface area contributed by atoms with Crippen LogP contribution in [0, 0.1) is 29.0 Å². The van der Waals surface area contributed by atoms with E-state index in [-0.39, 0.29) is 18.0 Å². The highest BCUT2D eigenvalue weighted by Crippen LogP contribution is 2.61. The molecule has 6 heteroatoms. The number of carbonyl (C=O) groups is 2. The summed E-state index contributed by atoms with van der Waals surface area (Å²) in [5.74, 6) is 1.04. The van der Waals surface area contributed by atoms with E-state index in [4.69, 9.17) is 9.84 Å². The van der Waals surface area contributed by atoms with Gasteiger partial charge in [-0.1, -0.05) is 13.8 Å². The average molecular weight is 444 g/mol. The van der Waals surface area contributed by atoms with Crippen molar-refractivity contribution in [2.75, 3.05) is 13.2 Å². The van der Waals surface area contributed by atoms with Crippen LogP contribution < -0.4 is 4.74 Å². The van der Waals surface area contributed by atoms with Crippen LogP contribution in [-0.2, 0) is 4.79 Å². The van der Waals surface area contributed by atoms with E-state index in [0.717, 1.165) is 30.7 Å². The SMILES string of the molecule is CC1(C)[C@H]2CC[C@H](COc3cc(F)c(C(=O)N4CCC[C@H]4CC(=O)O)cc3C3CC3)[C@@H]1C2. The first kappa shape index (κ1) is 21.7. The zero-order chi connectivity index (χ0) is 22.6. The molecule has 1 saturated heterocycles. The Bertz CT molecular complexity index is 923. The number of hydrogen-bond acceptors (Lipinski definition) is 3. The summed E-state index contributed by atoms with van der Waals surface area (Å²) in [7, 11) is 0. The zero-order valence-corrected chi connectivity index (χ0v) is 19.1. The standard InChI is InChI=1S/C26H34FNO4/c1-26(2)17-8-7-16(21(26)10-17)14-32-23-13-22(27)20(12-19(23)15-5-6-15)25(31)28-9-3-4-18(28)11-24(29)30/h12-13,15-18,21H,3-11,14H2,1-2H3,(H,29,30)/t16-,17+,18+,21+/m1/s1. The van der Waals surface area contributed by atoms with Gasteiger partial charge in [-0.3, -0.25) is 9.59 Å². The van der Waals surface area contributed by atoms with Gasteiger partial charge in [0.25, 0.3) is 5.91 Å². The van der Waals surface area contributed by atoms with Gasteiger partial charge in [0.05, 0.1) is 18.6 Å². The molecule has 5 nitrogen and oxygen atoms in total. The molecule has 1 amide bonds. The van der Waals surface area contributed by atoms with E-state index in [1.807, 2.05) is 0 Å². The zero-order valence-electron chi connectivity index (χ0n) is 19.1. The van der Waals surface area contributed by atoms with Gasteiger partial charge in [-0.15, -0.1) is 0 Å². The minimum Gasteiger partial charge on any atom is -0.493 e. The Labute approximate surface area is 189 Å². The van der Waals surface area contributed by atoms with Gasteiger partial charge in [0, 0.05) is 18.7 Å². The van der Waals surface area contributed by atoms with Crippen molar-refractivity contribution < 1.29 is 23.8 Å². The van der Waals surface area contributed by atoms with E-state index in [0.29, 0.717) is 48.5 Å². The Kier molecular flexibility index (Phi) is 5.45. The number of rotatable bonds is 7. The van der Waals surface area contributed by atoms with Crippen molar-refractivity contribution in [2.24, 2.45) is 23.2 Å². The predicted octanol–water partition coefficient (Wildman–Crippen LogP) is 5.23. The Morgan fingerprint density at radius 2 is 1.97 bits per heavy atom. The molecule has 1 heterocycles. The molecule has 32 heavy (non-hydrogen) atoms. The van der Waals surface area contributed by atoms with E-state index in [1.165, 1.54) is 25.3 Å². The summed E-state index contributed by atoms with van der Waals surface area (Å²) in [5.41, 5.74) is 1.37. The summed E-state index contributed by atoms with van der Waals surface area (Å²) in [6.07, 6.45) is 7.08. The van der Waals surface area contributed by atoms with E-state index >= 15 is 4.39 Å². The minimum atomic E-state index is -0.929. The topological polar surface area (TPSA) is 66.8 Å². The van der Waals surface area contributed by atoms with Crippen molar-refractivity contribution in [1.82, 2.24) is 4.90 Å². The molecule has 5 aliphatic rings. The number of aliphatic carboxylic acids is 1. The molecule has 0 aromatic heterocycles. The second-order valence-electron chi connectivity index (χ2n) is 11.0.